The van der Waals surface area contributed by atoms with Crippen LogP contribution in [-0.2, 0) is 0 Å². The maximum atomic E-state index is 7.50. The van der Waals surface area contributed by atoms with Crippen molar-refractivity contribution in [3.63, 3.8) is 0 Å². The van der Waals surface area contributed by atoms with Crippen molar-refractivity contribution in [1.29, 1.82) is 16.2 Å². The quantitative estimate of drug-likeness (QED) is 0.0402. The highest BCUT2D eigenvalue weighted by Crippen LogP contribution is 2.28. The lowest BCUT2D eigenvalue weighted by Gasteiger charge is -2.14. The van der Waals surface area contributed by atoms with E-state index in [1.165, 1.54) is 0 Å². The highest BCUT2D eigenvalue weighted by atomic mass is 16.5. The highest BCUT2D eigenvalue weighted by molar-refractivity contribution is 5.95. The zero-order valence-electron chi connectivity index (χ0n) is 26.7. The summed E-state index contributed by atoms with van der Waals surface area (Å²) in [6, 6.07) is 26.7. The van der Waals surface area contributed by atoms with Crippen molar-refractivity contribution in [2.45, 2.75) is 19.3 Å². The fourth-order valence-electron chi connectivity index (χ4n) is 4.30. The van der Waals surface area contributed by atoms with E-state index in [9.17, 15) is 0 Å². The van der Waals surface area contributed by atoms with Gasteiger partial charge in [0.1, 0.15) is 52.0 Å². The van der Waals surface area contributed by atoms with Gasteiger partial charge in [-0.2, -0.15) is 0 Å². The Kier molecular flexibility index (Phi) is 13.3. The Bertz CT molecular complexity index is 1420. The lowest BCUT2D eigenvalue weighted by Crippen LogP contribution is -2.11. The van der Waals surface area contributed by atoms with E-state index in [1.54, 1.807) is 72.8 Å². The van der Waals surface area contributed by atoms with Crippen molar-refractivity contribution < 1.29 is 28.4 Å². The van der Waals surface area contributed by atoms with Crippen LogP contribution in [0.1, 0.15) is 36.0 Å². The normalized spacial score (nSPS) is 10.5. The molecule has 0 unspecified atom stereocenters. The van der Waals surface area contributed by atoms with Crippen LogP contribution in [0.5, 0.6) is 34.5 Å². The van der Waals surface area contributed by atoms with Crippen LogP contribution in [-0.4, -0.2) is 57.1 Å². The smallest absolute Gasteiger partial charge is 0.126 e. The average molecular weight is 655 g/mol. The van der Waals surface area contributed by atoms with Crippen molar-refractivity contribution in [3.8, 4) is 34.5 Å². The number of nitrogen functional groups attached to an aromatic ring is 3. The summed E-state index contributed by atoms with van der Waals surface area (Å²) < 4.78 is 35.4. The van der Waals surface area contributed by atoms with E-state index in [4.69, 9.17) is 61.9 Å². The Hall–Kier alpha value is -5.91. The third kappa shape index (κ3) is 11.8. The first-order valence-electron chi connectivity index (χ1n) is 15.5. The second-order valence-electron chi connectivity index (χ2n) is 10.6. The van der Waals surface area contributed by atoms with Gasteiger partial charge in [-0.3, -0.25) is 16.2 Å². The maximum absolute atomic E-state index is 7.50. The zero-order chi connectivity index (χ0) is 34.1. The number of hydrogen-bond donors (Lipinski definition) is 6. The van der Waals surface area contributed by atoms with E-state index in [2.05, 4.69) is 0 Å². The van der Waals surface area contributed by atoms with Crippen LogP contribution in [0.2, 0.25) is 0 Å². The van der Waals surface area contributed by atoms with Crippen molar-refractivity contribution in [2.75, 3.05) is 39.6 Å². The lowest BCUT2D eigenvalue weighted by molar-refractivity contribution is 0.233. The zero-order valence-corrected chi connectivity index (χ0v) is 26.7. The minimum absolute atomic E-state index is 0.0146. The van der Waals surface area contributed by atoms with Gasteiger partial charge in [-0.15, -0.1) is 0 Å². The molecule has 0 fully saturated rings. The van der Waals surface area contributed by atoms with Crippen LogP contribution in [0.3, 0.4) is 0 Å². The van der Waals surface area contributed by atoms with Crippen LogP contribution in [0, 0.1) is 16.2 Å². The van der Waals surface area contributed by atoms with Gasteiger partial charge in [0.25, 0.3) is 0 Å². The molecule has 0 spiro atoms. The van der Waals surface area contributed by atoms with E-state index >= 15 is 0 Å². The molecule has 4 rings (SSSR count). The molecule has 0 saturated heterocycles. The van der Waals surface area contributed by atoms with Crippen LogP contribution in [0.25, 0.3) is 0 Å². The van der Waals surface area contributed by atoms with Gasteiger partial charge in [0.15, 0.2) is 0 Å². The van der Waals surface area contributed by atoms with E-state index in [0.29, 0.717) is 110 Å². The molecule has 0 amide bonds. The van der Waals surface area contributed by atoms with Gasteiger partial charge in [-0.1, -0.05) is 0 Å². The number of rotatable bonds is 21. The molecule has 0 aliphatic rings. The van der Waals surface area contributed by atoms with Gasteiger partial charge in [0.2, 0.25) is 0 Å². The van der Waals surface area contributed by atoms with Gasteiger partial charge in [-0.25, -0.2) is 0 Å². The largest absolute Gasteiger partial charge is 0.493 e. The molecule has 0 atom stereocenters. The lowest BCUT2D eigenvalue weighted by atomic mass is 10.2. The predicted octanol–water partition coefficient (Wildman–Crippen LogP) is 5.08. The number of nitrogens with one attached hydrogen (secondary N) is 3. The minimum atomic E-state index is 0.0146. The molecule has 252 valence electrons. The molecule has 0 aliphatic carbocycles. The molecular formula is C36H42N6O6. The van der Waals surface area contributed by atoms with Crippen molar-refractivity contribution in [1.82, 2.24) is 0 Å². The topological polar surface area (TPSA) is 205 Å². The molecule has 0 aromatic heterocycles. The molecule has 0 saturated carbocycles. The summed E-state index contributed by atoms with van der Waals surface area (Å²) in [5, 5.41) is 22.5. The molecule has 9 N–H and O–H groups in total. The number of hydrogen-bond acceptors (Lipinski definition) is 9. The molecule has 48 heavy (non-hydrogen) atoms. The molecule has 4 aromatic rings. The molecule has 0 bridgehead atoms. The number of benzene rings is 4. The summed E-state index contributed by atoms with van der Waals surface area (Å²) in [6.45, 7) is 2.61. The number of nitrogens with two attached hydrogens (primary N) is 3. The first-order chi connectivity index (χ1) is 23.3. The third-order valence-electron chi connectivity index (χ3n) is 6.83. The molecule has 0 heterocycles. The Morgan fingerprint density at radius 1 is 0.354 bits per heavy atom. The standard InChI is InChI=1S/C36H42N6O6/c37-34(38)25-4-10-28(11-5-25)43-16-1-19-46-31-22-32(47-20-2-17-44-29-12-6-26(7-13-29)35(39)40)24-33(23-31)48-21-3-18-45-30-14-8-27(9-15-30)36(41)42/h4-15,22-24H,1-3,16-21H2,(H3,37,38)(H3,39,40)(H3,41,42). The number of amidine groups is 3. The Balaban J connectivity index is 1.25. The highest BCUT2D eigenvalue weighted by Gasteiger charge is 2.07. The van der Waals surface area contributed by atoms with Crippen molar-refractivity contribution >= 4 is 17.5 Å². The summed E-state index contributed by atoms with van der Waals surface area (Å²) >= 11 is 0. The summed E-state index contributed by atoms with van der Waals surface area (Å²) in [5.74, 6) is 3.95. The molecule has 12 heteroatoms. The van der Waals surface area contributed by atoms with Gasteiger partial charge in [0, 0.05) is 54.2 Å². The average Bonchev–Trinajstić information content (AvgIpc) is 3.08. The first kappa shape index (κ1) is 35.0. The van der Waals surface area contributed by atoms with E-state index in [-0.39, 0.29) is 17.5 Å². The van der Waals surface area contributed by atoms with Crippen LogP contribution in [0.4, 0.5) is 0 Å². The molecule has 4 aromatic carbocycles. The molecule has 0 radical (unpaired) electrons. The van der Waals surface area contributed by atoms with Gasteiger partial charge < -0.3 is 45.6 Å². The first-order valence-corrected chi connectivity index (χ1v) is 15.5. The fourth-order valence-corrected chi connectivity index (χ4v) is 4.30. The minimum Gasteiger partial charge on any atom is -0.493 e. The third-order valence-corrected chi connectivity index (χ3v) is 6.83. The second kappa shape index (κ2) is 18.3. The molecular weight excluding hydrogens is 612 g/mol. The SMILES string of the molecule is N=C(N)c1ccc(OCCCOc2cc(OCCCOc3ccc(C(=N)N)cc3)cc(OCCCOc3ccc(C(=N)N)cc3)c2)cc1. The second-order valence-corrected chi connectivity index (χ2v) is 10.6. The monoisotopic (exact) mass is 654 g/mol. The van der Waals surface area contributed by atoms with Crippen LogP contribution >= 0.6 is 0 Å². The van der Waals surface area contributed by atoms with Gasteiger partial charge in [0.05, 0.1) is 39.6 Å². The van der Waals surface area contributed by atoms with E-state index in [0.717, 1.165) is 0 Å². The van der Waals surface area contributed by atoms with Crippen LogP contribution < -0.4 is 45.6 Å². The van der Waals surface area contributed by atoms with Crippen LogP contribution in [0.15, 0.2) is 91.0 Å². The summed E-state index contributed by atoms with van der Waals surface area (Å²) in [4.78, 5) is 0. The van der Waals surface area contributed by atoms with E-state index in [1.807, 2.05) is 18.2 Å². The van der Waals surface area contributed by atoms with Crippen molar-refractivity contribution in [2.24, 2.45) is 17.2 Å². The fraction of sp³-hybridized carbons (Fsp3) is 0.250. The van der Waals surface area contributed by atoms with Crippen molar-refractivity contribution in [3.05, 3.63) is 108 Å². The Morgan fingerprint density at radius 2 is 0.562 bits per heavy atom. The number of ether oxygens (including phenoxy) is 6. The predicted molar refractivity (Wildman–Crippen MR) is 186 cm³/mol. The van der Waals surface area contributed by atoms with Gasteiger partial charge in [-0.05, 0) is 72.8 Å². The molecule has 12 nitrogen and oxygen atoms in total. The molecule has 0 aliphatic heterocycles. The summed E-state index contributed by atoms with van der Waals surface area (Å²) in [6.07, 6.45) is 1.93. The summed E-state index contributed by atoms with van der Waals surface area (Å²) in [5.41, 5.74) is 18.5. The Morgan fingerprint density at radius 3 is 0.771 bits per heavy atom. The maximum Gasteiger partial charge on any atom is 0.126 e. The van der Waals surface area contributed by atoms with E-state index < -0.39 is 0 Å². The Labute approximate surface area is 280 Å². The van der Waals surface area contributed by atoms with Gasteiger partial charge >= 0.3 is 0 Å². The summed E-state index contributed by atoms with van der Waals surface area (Å²) in [7, 11) is 0.